The highest BCUT2D eigenvalue weighted by molar-refractivity contribution is 5.73. The molecule has 1 aliphatic rings. The van der Waals surface area contributed by atoms with Crippen LogP contribution in [0.2, 0.25) is 0 Å². The number of amides is 1. The fourth-order valence-corrected chi connectivity index (χ4v) is 1.98. The van der Waals surface area contributed by atoms with Crippen LogP contribution in [-0.2, 0) is 4.79 Å². The molecule has 0 bridgehead atoms. The Kier molecular flexibility index (Phi) is 2.99. The van der Waals surface area contributed by atoms with E-state index in [-0.39, 0.29) is 5.91 Å². The lowest BCUT2D eigenvalue weighted by Crippen LogP contribution is -2.29. The van der Waals surface area contributed by atoms with E-state index >= 15 is 0 Å². The van der Waals surface area contributed by atoms with Gasteiger partial charge in [0.25, 0.3) is 0 Å². The third-order valence-electron chi connectivity index (χ3n) is 2.92. The Bertz CT molecular complexity index is 374. The number of anilines is 2. The van der Waals surface area contributed by atoms with E-state index in [0.717, 1.165) is 30.9 Å². The molecule has 1 aliphatic heterocycles. The van der Waals surface area contributed by atoms with Crippen LogP contribution in [-0.4, -0.2) is 29.9 Å². The number of nitrogens with two attached hydrogens (primary N) is 1. The second-order valence-electron chi connectivity index (χ2n) is 4.22. The molecule has 0 spiro atoms. The summed E-state index contributed by atoms with van der Waals surface area (Å²) in [5.41, 5.74) is 7.44. The Morgan fingerprint density at radius 1 is 1.44 bits per heavy atom. The van der Waals surface area contributed by atoms with Crippen molar-refractivity contribution in [2.45, 2.75) is 19.4 Å². The number of hydrogen-bond donors (Lipinski definition) is 2. The fraction of sp³-hybridized carbons (Fsp3) is 0.417. The zero-order chi connectivity index (χ0) is 11.5. The molecule has 1 fully saturated rings. The zero-order valence-corrected chi connectivity index (χ0v) is 9.44. The molecule has 0 aromatic heterocycles. The second kappa shape index (κ2) is 4.43. The van der Waals surface area contributed by atoms with E-state index in [4.69, 9.17) is 5.73 Å². The molecule has 1 saturated heterocycles. The van der Waals surface area contributed by atoms with Crippen LogP contribution in [0.3, 0.4) is 0 Å². The highest BCUT2D eigenvalue weighted by Gasteiger charge is 2.23. The molecular weight excluding hydrogens is 202 g/mol. The number of nitrogens with zero attached hydrogens (tertiary/aromatic N) is 1. The smallest absolute Gasteiger partial charge is 0.219 e. The number of benzene rings is 1. The van der Waals surface area contributed by atoms with Gasteiger partial charge >= 0.3 is 0 Å². The molecule has 4 nitrogen and oxygen atoms in total. The molecular formula is C12H17N3O. The maximum Gasteiger partial charge on any atom is 0.219 e. The summed E-state index contributed by atoms with van der Waals surface area (Å²) < 4.78 is 0. The monoisotopic (exact) mass is 219 g/mol. The Hall–Kier alpha value is -1.71. The predicted molar refractivity (Wildman–Crippen MR) is 65.1 cm³/mol. The number of nitrogens with one attached hydrogen (secondary N) is 1. The van der Waals surface area contributed by atoms with Crippen molar-refractivity contribution >= 4 is 17.3 Å². The lowest BCUT2D eigenvalue weighted by Gasteiger charge is -2.16. The average Bonchev–Trinajstić information content (AvgIpc) is 2.70. The molecule has 2 rings (SSSR count). The van der Waals surface area contributed by atoms with E-state index in [1.54, 1.807) is 6.92 Å². The Balaban J connectivity index is 1.92. The predicted octanol–water partition coefficient (Wildman–Crippen LogP) is 1.30. The molecule has 0 radical (unpaired) electrons. The third-order valence-corrected chi connectivity index (χ3v) is 2.92. The molecule has 0 unspecified atom stereocenters. The van der Waals surface area contributed by atoms with Gasteiger partial charge in [0.05, 0.1) is 0 Å². The molecule has 86 valence electrons. The first kappa shape index (κ1) is 10.8. The minimum atomic E-state index is 0.154. The first-order valence-corrected chi connectivity index (χ1v) is 5.53. The molecule has 0 saturated carbocycles. The Labute approximate surface area is 95.4 Å². The van der Waals surface area contributed by atoms with Gasteiger partial charge in [-0.25, -0.2) is 0 Å². The Morgan fingerprint density at radius 3 is 2.69 bits per heavy atom. The van der Waals surface area contributed by atoms with Crippen molar-refractivity contribution in [3.05, 3.63) is 24.3 Å². The van der Waals surface area contributed by atoms with Gasteiger partial charge < -0.3 is 16.0 Å². The number of rotatable bonds is 2. The molecule has 3 N–H and O–H groups in total. The first-order chi connectivity index (χ1) is 7.65. The molecule has 16 heavy (non-hydrogen) atoms. The molecule has 1 aromatic carbocycles. The largest absolute Gasteiger partial charge is 0.399 e. The van der Waals surface area contributed by atoms with Crippen LogP contribution >= 0.6 is 0 Å². The SMILES string of the molecule is CC(=O)N1CC[C@H](Nc2ccc(N)cc2)C1. The van der Waals surface area contributed by atoms with Gasteiger partial charge in [-0.1, -0.05) is 0 Å². The van der Waals surface area contributed by atoms with Crippen LogP contribution in [0.15, 0.2) is 24.3 Å². The topological polar surface area (TPSA) is 58.4 Å². The summed E-state index contributed by atoms with van der Waals surface area (Å²) in [6.45, 7) is 3.26. The molecule has 1 aromatic rings. The number of nitrogen functional groups attached to an aromatic ring is 1. The number of carbonyl (C=O) groups is 1. The minimum Gasteiger partial charge on any atom is -0.399 e. The normalized spacial score (nSPS) is 19.8. The van der Waals surface area contributed by atoms with Crippen molar-refractivity contribution < 1.29 is 4.79 Å². The minimum absolute atomic E-state index is 0.154. The highest BCUT2D eigenvalue weighted by Crippen LogP contribution is 2.17. The van der Waals surface area contributed by atoms with Crippen molar-refractivity contribution in [1.82, 2.24) is 4.90 Å². The van der Waals surface area contributed by atoms with Gasteiger partial charge in [0, 0.05) is 37.4 Å². The van der Waals surface area contributed by atoms with Gasteiger partial charge in [-0.05, 0) is 30.7 Å². The molecule has 4 heteroatoms. The summed E-state index contributed by atoms with van der Waals surface area (Å²) in [7, 11) is 0. The van der Waals surface area contributed by atoms with Crippen LogP contribution < -0.4 is 11.1 Å². The van der Waals surface area contributed by atoms with Crippen LogP contribution in [0.4, 0.5) is 11.4 Å². The number of carbonyl (C=O) groups excluding carboxylic acids is 1. The van der Waals surface area contributed by atoms with Gasteiger partial charge in [0.15, 0.2) is 0 Å². The maximum atomic E-state index is 11.2. The number of hydrogen-bond acceptors (Lipinski definition) is 3. The number of likely N-dealkylation sites (tertiary alicyclic amines) is 1. The molecule has 1 heterocycles. The van der Waals surface area contributed by atoms with Gasteiger partial charge in [-0.15, -0.1) is 0 Å². The average molecular weight is 219 g/mol. The van der Waals surface area contributed by atoms with Crippen molar-refractivity contribution in [3.63, 3.8) is 0 Å². The second-order valence-corrected chi connectivity index (χ2v) is 4.22. The van der Waals surface area contributed by atoms with Crippen molar-refractivity contribution in [1.29, 1.82) is 0 Å². The summed E-state index contributed by atoms with van der Waals surface area (Å²) in [5, 5.41) is 3.40. The Morgan fingerprint density at radius 2 is 2.12 bits per heavy atom. The summed E-state index contributed by atoms with van der Waals surface area (Å²) in [6, 6.07) is 8.03. The van der Waals surface area contributed by atoms with E-state index in [1.165, 1.54) is 0 Å². The first-order valence-electron chi connectivity index (χ1n) is 5.53. The fourth-order valence-electron chi connectivity index (χ4n) is 1.98. The van der Waals surface area contributed by atoms with Crippen molar-refractivity contribution in [2.24, 2.45) is 0 Å². The zero-order valence-electron chi connectivity index (χ0n) is 9.44. The van der Waals surface area contributed by atoms with Crippen LogP contribution in [0.1, 0.15) is 13.3 Å². The third kappa shape index (κ3) is 2.45. The lowest BCUT2D eigenvalue weighted by atomic mass is 10.2. The highest BCUT2D eigenvalue weighted by atomic mass is 16.2. The quantitative estimate of drug-likeness (QED) is 0.737. The van der Waals surface area contributed by atoms with Crippen LogP contribution in [0.5, 0.6) is 0 Å². The van der Waals surface area contributed by atoms with Gasteiger partial charge in [-0.2, -0.15) is 0 Å². The molecule has 0 aliphatic carbocycles. The summed E-state index contributed by atoms with van der Waals surface area (Å²) in [5.74, 6) is 0.154. The van der Waals surface area contributed by atoms with E-state index in [1.807, 2.05) is 29.2 Å². The van der Waals surface area contributed by atoms with E-state index < -0.39 is 0 Å². The van der Waals surface area contributed by atoms with E-state index in [9.17, 15) is 4.79 Å². The molecule has 1 atom stereocenters. The van der Waals surface area contributed by atoms with E-state index in [0.29, 0.717) is 6.04 Å². The molecule has 1 amide bonds. The standard InChI is InChI=1S/C12H17N3O/c1-9(16)15-7-6-12(8-15)14-11-4-2-10(13)3-5-11/h2-5,12,14H,6-8,13H2,1H3/t12-/m0/s1. The summed E-state index contributed by atoms with van der Waals surface area (Å²) >= 11 is 0. The van der Waals surface area contributed by atoms with Gasteiger partial charge in [0.1, 0.15) is 0 Å². The van der Waals surface area contributed by atoms with Crippen molar-refractivity contribution in [3.8, 4) is 0 Å². The van der Waals surface area contributed by atoms with Crippen LogP contribution in [0, 0.1) is 0 Å². The summed E-state index contributed by atoms with van der Waals surface area (Å²) in [4.78, 5) is 13.0. The van der Waals surface area contributed by atoms with Gasteiger partial charge in [0.2, 0.25) is 5.91 Å². The van der Waals surface area contributed by atoms with Crippen LogP contribution in [0.25, 0.3) is 0 Å². The van der Waals surface area contributed by atoms with Gasteiger partial charge in [-0.3, -0.25) is 4.79 Å². The lowest BCUT2D eigenvalue weighted by molar-refractivity contribution is -0.127. The summed E-state index contributed by atoms with van der Waals surface area (Å²) in [6.07, 6.45) is 1.00. The van der Waals surface area contributed by atoms with E-state index in [2.05, 4.69) is 5.32 Å². The maximum absolute atomic E-state index is 11.2. The van der Waals surface area contributed by atoms with Crippen molar-refractivity contribution in [2.75, 3.05) is 24.1 Å².